The highest BCUT2D eigenvalue weighted by Crippen LogP contribution is 2.36. The molecular formula is C25H24N4O3S2. The van der Waals surface area contributed by atoms with Gasteiger partial charge in [0.25, 0.3) is 0 Å². The summed E-state index contributed by atoms with van der Waals surface area (Å²) in [6, 6.07) is 17.6. The molecule has 0 spiro atoms. The Morgan fingerprint density at radius 2 is 1.79 bits per heavy atom. The number of aryl methyl sites for hydroxylation is 1. The molecule has 0 aliphatic heterocycles. The van der Waals surface area contributed by atoms with Crippen LogP contribution in [0, 0.1) is 6.92 Å². The van der Waals surface area contributed by atoms with Crippen molar-refractivity contribution in [3.63, 3.8) is 0 Å². The molecule has 0 saturated carbocycles. The summed E-state index contributed by atoms with van der Waals surface area (Å²) in [6.45, 7) is 4.74. The van der Waals surface area contributed by atoms with Crippen LogP contribution in [0.5, 0.6) is 0 Å². The van der Waals surface area contributed by atoms with Gasteiger partial charge in [-0.25, -0.2) is 4.79 Å². The molecule has 7 nitrogen and oxygen atoms in total. The molecule has 1 amide bonds. The summed E-state index contributed by atoms with van der Waals surface area (Å²) in [7, 11) is 1.33. The number of carbonyl (C=O) groups excluding carboxylic acids is 2. The zero-order valence-electron chi connectivity index (χ0n) is 19.1. The number of aromatic nitrogens is 3. The summed E-state index contributed by atoms with van der Waals surface area (Å²) in [5.41, 5.74) is 4.10. The predicted molar refractivity (Wildman–Crippen MR) is 136 cm³/mol. The minimum absolute atomic E-state index is 0.130. The average Bonchev–Trinajstić information content (AvgIpc) is 3.47. The van der Waals surface area contributed by atoms with Gasteiger partial charge in [0.15, 0.2) is 11.0 Å². The summed E-state index contributed by atoms with van der Waals surface area (Å²) in [5.74, 6) is 0.184. The molecule has 0 atom stereocenters. The molecule has 0 aliphatic rings. The minimum atomic E-state index is -0.489. The fraction of sp³-hybridized carbons (Fsp3) is 0.200. The number of benzene rings is 2. The van der Waals surface area contributed by atoms with E-state index in [1.165, 1.54) is 30.2 Å². The van der Waals surface area contributed by atoms with Crippen LogP contribution < -0.4 is 5.32 Å². The highest BCUT2D eigenvalue weighted by atomic mass is 32.2. The van der Waals surface area contributed by atoms with E-state index in [1.807, 2.05) is 78.4 Å². The molecule has 2 heterocycles. The Bertz CT molecular complexity index is 1310. The number of thiophene rings is 1. The number of hydrogen-bond donors (Lipinski definition) is 1. The number of nitrogens with zero attached hydrogens (tertiary/aromatic N) is 3. The molecule has 4 aromatic rings. The highest BCUT2D eigenvalue weighted by molar-refractivity contribution is 7.99. The van der Waals surface area contributed by atoms with E-state index in [0.717, 1.165) is 28.1 Å². The summed E-state index contributed by atoms with van der Waals surface area (Å²) in [4.78, 5) is 25.3. The van der Waals surface area contributed by atoms with E-state index in [4.69, 9.17) is 4.74 Å². The normalized spacial score (nSPS) is 10.8. The van der Waals surface area contributed by atoms with Crippen LogP contribution in [0.2, 0.25) is 0 Å². The van der Waals surface area contributed by atoms with Crippen LogP contribution in [0.3, 0.4) is 0 Å². The molecule has 0 saturated heterocycles. The Morgan fingerprint density at radius 1 is 1.06 bits per heavy atom. The number of hydrogen-bond acceptors (Lipinski definition) is 7. The number of thioether (sulfide) groups is 1. The zero-order valence-corrected chi connectivity index (χ0v) is 20.7. The van der Waals surface area contributed by atoms with Gasteiger partial charge in [0, 0.05) is 23.1 Å². The highest BCUT2D eigenvalue weighted by Gasteiger charge is 2.23. The van der Waals surface area contributed by atoms with Crippen molar-refractivity contribution < 1.29 is 14.3 Å². The van der Waals surface area contributed by atoms with Crippen LogP contribution >= 0.6 is 23.1 Å². The maximum Gasteiger partial charge on any atom is 0.341 e. The van der Waals surface area contributed by atoms with Gasteiger partial charge in [0.05, 0.1) is 12.9 Å². The third kappa shape index (κ3) is 4.90. The molecular weight excluding hydrogens is 468 g/mol. The number of nitrogens with one attached hydrogen (secondary N) is 1. The number of carbonyl (C=O) groups is 2. The quantitative estimate of drug-likeness (QED) is 0.257. The minimum Gasteiger partial charge on any atom is -0.465 e. The first-order chi connectivity index (χ1) is 16.5. The Labute approximate surface area is 206 Å². The lowest BCUT2D eigenvalue weighted by Crippen LogP contribution is -2.16. The molecule has 9 heteroatoms. The fourth-order valence-electron chi connectivity index (χ4n) is 3.58. The smallest absolute Gasteiger partial charge is 0.341 e. The van der Waals surface area contributed by atoms with Crippen molar-refractivity contribution in [1.82, 2.24) is 14.8 Å². The summed E-state index contributed by atoms with van der Waals surface area (Å²) in [6.07, 6.45) is 0. The van der Waals surface area contributed by atoms with Crippen molar-refractivity contribution in [3.05, 3.63) is 71.1 Å². The summed E-state index contributed by atoms with van der Waals surface area (Å²) >= 11 is 2.61. The molecule has 0 bridgehead atoms. The number of ether oxygens (including phenoxy) is 1. The van der Waals surface area contributed by atoms with Crippen LogP contribution in [-0.4, -0.2) is 39.5 Å². The lowest BCUT2D eigenvalue weighted by molar-refractivity contribution is -0.113. The summed E-state index contributed by atoms with van der Waals surface area (Å²) in [5, 5.41) is 14.5. The molecule has 0 aliphatic carbocycles. The van der Waals surface area contributed by atoms with Crippen molar-refractivity contribution in [2.24, 2.45) is 0 Å². The number of rotatable bonds is 8. The predicted octanol–water partition coefficient (Wildman–Crippen LogP) is 5.52. The van der Waals surface area contributed by atoms with Crippen LogP contribution in [0.1, 0.15) is 22.8 Å². The molecule has 4 rings (SSSR count). The summed E-state index contributed by atoms with van der Waals surface area (Å²) < 4.78 is 6.98. The van der Waals surface area contributed by atoms with Crippen LogP contribution in [0.25, 0.3) is 22.5 Å². The van der Waals surface area contributed by atoms with E-state index < -0.39 is 5.97 Å². The number of methoxy groups -OCH3 is 1. The van der Waals surface area contributed by atoms with E-state index in [9.17, 15) is 9.59 Å². The van der Waals surface area contributed by atoms with Gasteiger partial charge in [0.1, 0.15) is 10.6 Å². The van der Waals surface area contributed by atoms with E-state index in [0.29, 0.717) is 22.3 Å². The van der Waals surface area contributed by atoms with E-state index in [2.05, 4.69) is 15.5 Å². The van der Waals surface area contributed by atoms with E-state index in [-0.39, 0.29) is 11.7 Å². The van der Waals surface area contributed by atoms with Crippen molar-refractivity contribution in [3.8, 4) is 22.5 Å². The number of amides is 1. The molecule has 0 unspecified atom stereocenters. The van der Waals surface area contributed by atoms with Crippen molar-refractivity contribution in [1.29, 1.82) is 0 Å². The van der Waals surface area contributed by atoms with E-state index in [1.54, 1.807) is 0 Å². The van der Waals surface area contributed by atoms with Gasteiger partial charge in [-0.15, -0.1) is 21.5 Å². The van der Waals surface area contributed by atoms with Gasteiger partial charge in [-0.3, -0.25) is 4.79 Å². The second-order valence-electron chi connectivity index (χ2n) is 7.41. The topological polar surface area (TPSA) is 86.1 Å². The SMILES string of the molecule is CCn1c(SCC(=O)Nc2scc(-c3ccccc3)c2C(=O)OC)nnc1-c1ccccc1C. The third-order valence-corrected chi connectivity index (χ3v) is 7.13. The Hall–Kier alpha value is -3.43. The maximum absolute atomic E-state index is 12.8. The lowest BCUT2D eigenvalue weighted by atomic mass is 10.0. The van der Waals surface area contributed by atoms with Gasteiger partial charge < -0.3 is 14.6 Å². The average molecular weight is 493 g/mol. The maximum atomic E-state index is 12.8. The monoisotopic (exact) mass is 492 g/mol. The van der Waals surface area contributed by atoms with Gasteiger partial charge in [-0.05, 0) is 25.0 Å². The number of esters is 1. The fourth-order valence-corrected chi connectivity index (χ4v) is 5.36. The van der Waals surface area contributed by atoms with Gasteiger partial charge >= 0.3 is 5.97 Å². The molecule has 34 heavy (non-hydrogen) atoms. The first-order valence-electron chi connectivity index (χ1n) is 10.7. The van der Waals surface area contributed by atoms with Crippen LogP contribution in [0.4, 0.5) is 5.00 Å². The zero-order chi connectivity index (χ0) is 24.1. The Balaban J connectivity index is 1.51. The van der Waals surface area contributed by atoms with Crippen molar-refractivity contribution in [2.45, 2.75) is 25.5 Å². The van der Waals surface area contributed by atoms with Crippen LogP contribution in [0.15, 0.2) is 65.1 Å². The molecule has 0 fully saturated rings. The van der Waals surface area contributed by atoms with Crippen molar-refractivity contribution in [2.75, 3.05) is 18.2 Å². The first kappa shape index (κ1) is 23.7. The molecule has 174 valence electrons. The second-order valence-corrected chi connectivity index (χ2v) is 9.24. The molecule has 1 N–H and O–H groups in total. The molecule has 0 radical (unpaired) electrons. The lowest BCUT2D eigenvalue weighted by Gasteiger charge is -2.10. The number of anilines is 1. The van der Waals surface area contributed by atoms with Gasteiger partial charge in [-0.2, -0.15) is 0 Å². The first-order valence-corrected chi connectivity index (χ1v) is 12.6. The van der Waals surface area contributed by atoms with Gasteiger partial charge in [0.2, 0.25) is 5.91 Å². The molecule has 2 aromatic heterocycles. The van der Waals surface area contributed by atoms with Gasteiger partial charge in [-0.1, -0.05) is 66.4 Å². The Kier molecular flexibility index (Phi) is 7.44. The molecule has 2 aromatic carbocycles. The van der Waals surface area contributed by atoms with E-state index >= 15 is 0 Å². The van der Waals surface area contributed by atoms with Crippen molar-refractivity contribution >= 4 is 40.0 Å². The van der Waals surface area contributed by atoms with Crippen LogP contribution in [-0.2, 0) is 16.1 Å². The largest absolute Gasteiger partial charge is 0.465 e. The third-order valence-electron chi connectivity index (χ3n) is 5.27. The Morgan fingerprint density at radius 3 is 2.50 bits per heavy atom. The second kappa shape index (κ2) is 10.7. The standard InChI is InChI=1S/C25H24N4O3S2/c1-4-29-22(18-13-9-8-10-16(18)2)27-28-25(29)34-15-20(30)26-23-21(24(31)32-3)19(14-33-23)17-11-6-5-7-12-17/h5-14H,4,15H2,1-3H3,(H,26,30).